The molecule has 37 heavy (non-hydrogen) atoms. The molecule has 2 fully saturated rings. The Morgan fingerprint density at radius 2 is 1.92 bits per heavy atom. The Balaban J connectivity index is 1.17. The number of hydrogen-bond donors (Lipinski definition) is 1. The number of ether oxygens (including phenoxy) is 2. The fraction of sp³-hybridized carbons (Fsp3) is 0.562. The van der Waals surface area contributed by atoms with Crippen LogP contribution in [-0.4, -0.2) is 25.9 Å². The first-order valence-corrected chi connectivity index (χ1v) is 14.0. The maximum atomic E-state index is 13.3. The molecule has 5 rings (SSSR count). The van der Waals surface area contributed by atoms with Gasteiger partial charge in [0.25, 0.3) is 0 Å². The highest BCUT2D eigenvalue weighted by molar-refractivity contribution is 5.87. The molecule has 198 valence electrons. The molecule has 0 spiro atoms. The number of benzene rings is 2. The van der Waals surface area contributed by atoms with E-state index in [1.807, 2.05) is 24.3 Å². The van der Waals surface area contributed by atoms with E-state index < -0.39 is 0 Å². The molecule has 2 aromatic rings. The smallest absolute Gasteiger partial charge is 0.220 e. The fourth-order valence-electron chi connectivity index (χ4n) is 7.83. The van der Waals surface area contributed by atoms with Crippen molar-refractivity contribution < 1.29 is 19.1 Å². The first-order valence-electron chi connectivity index (χ1n) is 14.0. The maximum absolute atomic E-state index is 13.3. The summed E-state index contributed by atoms with van der Waals surface area (Å²) in [5, 5.41) is 3.03. The first kappa shape index (κ1) is 25.8. The van der Waals surface area contributed by atoms with Crippen molar-refractivity contribution in [3.8, 4) is 11.5 Å². The summed E-state index contributed by atoms with van der Waals surface area (Å²) in [6, 6.07) is 14.4. The Bertz CT molecular complexity index is 1140. The van der Waals surface area contributed by atoms with Crippen LogP contribution in [0.2, 0.25) is 0 Å². The number of carbonyl (C=O) groups excluding carboxylic acids is 2. The van der Waals surface area contributed by atoms with Gasteiger partial charge in [-0.2, -0.15) is 0 Å². The summed E-state index contributed by atoms with van der Waals surface area (Å²) in [7, 11) is 3.38. The van der Waals surface area contributed by atoms with Crippen molar-refractivity contribution in [2.45, 2.75) is 77.2 Å². The Labute approximate surface area is 221 Å². The number of methoxy groups -OCH3 is 2. The quantitative estimate of drug-likeness (QED) is 0.412. The second-order valence-electron chi connectivity index (χ2n) is 11.6. The monoisotopic (exact) mass is 503 g/mol. The lowest BCUT2D eigenvalue weighted by molar-refractivity contribution is -0.129. The molecule has 0 aliphatic heterocycles. The number of amides is 1. The van der Waals surface area contributed by atoms with E-state index in [0.29, 0.717) is 42.4 Å². The van der Waals surface area contributed by atoms with E-state index in [1.165, 1.54) is 17.5 Å². The van der Waals surface area contributed by atoms with E-state index in [-0.39, 0.29) is 11.3 Å². The van der Waals surface area contributed by atoms with Crippen LogP contribution in [0.15, 0.2) is 42.5 Å². The summed E-state index contributed by atoms with van der Waals surface area (Å²) < 4.78 is 10.9. The molecule has 3 aliphatic carbocycles. The standard InChI is InChI=1S/C32H41NO4/c1-32-17-16-26-25-15-13-24(36-2)18-21(25)12-14-27(26)31(32)22(19-29(32)34)8-5-7-11-30(35)33-20-23-9-4-6-10-28(23)37-3/h4,6,9-10,13,15,18,22,26-27,31H,5,7-8,11-12,14,16-17,19-20H2,1-3H3,(H,33,35)/t22-,26-,27-,31+,32-/m1/s1. The molecule has 3 aliphatic rings. The average molecular weight is 504 g/mol. The highest BCUT2D eigenvalue weighted by Gasteiger charge is 2.58. The minimum Gasteiger partial charge on any atom is -0.497 e. The zero-order valence-electron chi connectivity index (χ0n) is 22.6. The number of Topliss-reactive ketones (excluding diaryl/α,β-unsaturated/α-hetero) is 1. The highest BCUT2D eigenvalue weighted by atomic mass is 16.5. The number of carbonyl (C=O) groups is 2. The van der Waals surface area contributed by atoms with Crippen LogP contribution >= 0.6 is 0 Å². The highest BCUT2D eigenvalue weighted by Crippen LogP contribution is 2.62. The summed E-state index contributed by atoms with van der Waals surface area (Å²) >= 11 is 0. The maximum Gasteiger partial charge on any atom is 0.220 e. The van der Waals surface area contributed by atoms with Gasteiger partial charge in [0.1, 0.15) is 17.3 Å². The minimum absolute atomic E-state index is 0.0790. The third-order valence-corrected chi connectivity index (χ3v) is 9.67. The molecule has 0 heterocycles. The van der Waals surface area contributed by atoms with Crippen LogP contribution in [0.5, 0.6) is 11.5 Å². The van der Waals surface area contributed by atoms with Gasteiger partial charge in [0.2, 0.25) is 5.91 Å². The van der Waals surface area contributed by atoms with Gasteiger partial charge in [-0.25, -0.2) is 0 Å². The summed E-state index contributed by atoms with van der Waals surface area (Å²) in [4.78, 5) is 25.7. The fourth-order valence-corrected chi connectivity index (χ4v) is 7.83. The Morgan fingerprint density at radius 1 is 1.08 bits per heavy atom. The van der Waals surface area contributed by atoms with E-state index in [4.69, 9.17) is 9.47 Å². The van der Waals surface area contributed by atoms with Crippen molar-refractivity contribution >= 4 is 11.7 Å². The largest absolute Gasteiger partial charge is 0.497 e. The van der Waals surface area contributed by atoms with Gasteiger partial charge >= 0.3 is 0 Å². The number of aryl methyl sites for hydroxylation is 1. The molecule has 5 nitrogen and oxygen atoms in total. The molecule has 2 saturated carbocycles. The second-order valence-corrected chi connectivity index (χ2v) is 11.6. The van der Waals surface area contributed by atoms with E-state index in [9.17, 15) is 9.59 Å². The Hall–Kier alpha value is -2.82. The minimum atomic E-state index is -0.165. The molecule has 5 heteroatoms. The van der Waals surface area contributed by atoms with Crippen LogP contribution in [-0.2, 0) is 22.6 Å². The SMILES string of the molecule is COc1ccc2c(c1)CC[C@H]1[C@@H]3[C@H](CCCCC(=O)NCc4ccccc4OC)CC(=O)[C@@]3(C)CC[C@H]21. The van der Waals surface area contributed by atoms with E-state index in [0.717, 1.165) is 62.0 Å². The van der Waals surface area contributed by atoms with Crippen molar-refractivity contribution in [1.82, 2.24) is 5.32 Å². The summed E-state index contributed by atoms with van der Waals surface area (Å²) in [6.45, 7) is 2.74. The van der Waals surface area contributed by atoms with Gasteiger partial charge in [0, 0.05) is 30.4 Å². The van der Waals surface area contributed by atoms with Crippen molar-refractivity contribution in [2.24, 2.45) is 23.2 Å². The van der Waals surface area contributed by atoms with Gasteiger partial charge in [0.15, 0.2) is 0 Å². The molecule has 0 bridgehead atoms. The van der Waals surface area contributed by atoms with Crippen molar-refractivity contribution in [3.05, 3.63) is 59.2 Å². The van der Waals surface area contributed by atoms with Gasteiger partial charge < -0.3 is 14.8 Å². The van der Waals surface area contributed by atoms with Crippen molar-refractivity contribution in [3.63, 3.8) is 0 Å². The van der Waals surface area contributed by atoms with Crippen molar-refractivity contribution in [1.29, 1.82) is 0 Å². The number of para-hydroxylation sites is 1. The number of fused-ring (bicyclic) bond motifs is 5. The Morgan fingerprint density at radius 3 is 2.73 bits per heavy atom. The molecule has 0 saturated heterocycles. The normalized spacial score (nSPS) is 28.1. The second kappa shape index (κ2) is 10.9. The molecule has 2 aromatic carbocycles. The van der Waals surface area contributed by atoms with Gasteiger partial charge in [-0.05, 0) is 91.5 Å². The number of ketones is 1. The molecule has 0 aromatic heterocycles. The first-order chi connectivity index (χ1) is 17.9. The predicted octanol–water partition coefficient (Wildman–Crippen LogP) is 6.23. The molecule has 5 atom stereocenters. The summed E-state index contributed by atoms with van der Waals surface area (Å²) in [5.41, 5.74) is 3.75. The van der Waals surface area contributed by atoms with E-state index >= 15 is 0 Å². The molecule has 1 N–H and O–H groups in total. The molecule has 0 unspecified atom stereocenters. The van der Waals surface area contributed by atoms with E-state index in [1.54, 1.807) is 14.2 Å². The van der Waals surface area contributed by atoms with Crippen LogP contribution in [0.1, 0.15) is 80.9 Å². The third-order valence-electron chi connectivity index (χ3n) is 9.67. The summed E-state index contributed by atoms with van der Waals surface area (Å²) in [5.74, 6) is 4.36. The number of unbranched alkanes of at least 4 members (excludes halogenated alkanes) is 1. The topological polar surface area (TPSA) is 64.6 Å². The number of hydrogen-bond acceptors (Lipinski definition) is 4. The lowest BCUT2D eigenvalue weighted by Crippen LogP contribution is -2.44. The lowest BCUT2D eigenvalue weighted by atomic mass is 9.54. The van der Waals surface area contributed by atoms with Gasteiger partial charge in [-0.15, -0.1) is 0 Å². The number of nitrogens with one attached hydrogen (secondary N) is 1. The van der Waals surface area contributed by atoms with Gasteiger partial charge in [-0.3, -0.25) is 9.59 Å². The third kappa shape index (κ3) is 5.02. The lowest BCUT2D eigenvalue weighted by Gasteiger charge is -2.50. The predicted molar refractivity (Wildman–Crippen MR) is 145 cm³/mol. The molecular weight excluding hydrogens is 462 g/mol. The zero-order valence-corrected chi connectivity index (χ0v) is 22.6. The van der Waals surface area contributed by atoms with Crippen LogP contribution < -0.4 is 14.8 Å². The zero-order chi connectivity index (χ0) is 26.0. The van der Waals surface area contributed by atoms with Crippen molar-refractivity contribution in [2.75, 3.05) is 14.2 Å². The van der Waals surface area contributed by atoms with Crippen LogP contribution in [0, 0.1) is 23.2 Å². The molecular formula is C32H41NO4. The van der Waals surface area contributed by atoms with E-state index in [2.05, 4.69) is 30.4 Å². The number of rotatable bonds is 9. The molecule has 0 radical (unpaired) electrons. The molecule has 1 amide bonds. The average Bonchev–Trinajstić information content (AvgIpc) is 3.18. The Kier molecular flexibility index (Phi) is 7.60. The van der Waals surface area contributed by atoms with Crippen LogP contribution in [0.3, 0.4) is 0 Å². The van der Waals surface area contributed by atoms with Gasteiger partial charge in [-0.1, -0.05) is 37.6 Å². The van der Waals surface area contributed by atoms with Crippen LogP contribution in [0.25, 0.3) is 0 Å². The van der Waals surface area contributed by atoms with Crippen LogP contribution in [0.4, 0.5) is 0 Å². The van der Waals surface area contributed by atoms with Gasteiger partial charge in [0.05, 0.1) is 14.2 Å². The summed E-state index contributed by atoms with van der Waals surface area (Å²) in [6.07, 6.45) is 8.52.